The van der Waals surface area contributed by atoms with Crippen LogP contribution >= 0.6 is 27.3 Å². The number of rotatable bonds is 5. The summed E-state index contributed by atoms with van der Waals surface area (Å²) in [5.74, 6) is 0. The van der Waals surface area contributed by atoms with E-state index in [1.165, 1.54) is 0 Å². The van der Waals surface area contributed by atoms with Gasteiger partial charge in [-0.2, -0.15) is 0 Å². The number of thiazole rings is 1. The summed E-state index contributed by atoms with van der Waals surface area (Å²) in [7, 11) is 0. The fraction of sp³-hybridized carbons (Fsp3) is 0.571. The van der Waals surface area contributed by atoms with E-state index in [0.29, 0.717) is 0 Å². The van der Waals surface area contributed by atoms with Crippen molar-refractivity contribution in [2.24, 2.45) is 0 Å². The van der Waals surface area contributed by atoms with Gasteiger partial charge in [-0.3, -0.25) is 0 Å². The number of anilines is 1. The van der Waals surface area contributed by atoms with Gasteiger partial charge in [0.05, 0.1) is 0 Å². The molecule has 1 rings (SSSR count). The Morgan fingerprint density at radius 2 is 2.42 bits per heavy atom. The van der Waals surface area contributed by atoms with Gasteiger partial charge < -0.3 is 10.4 Å². The highest BCUT2D eigenvalue weighted by Gasteiger charge is 1.96. The van der Waals surface area contributed by atoms with Crippen molar-refractivity contribution < 1.29 is 5.11 Å². The number of aliphatic hydroxyl groups excluding tert-OH is 1. The van der Waals surface area contributed by atoms with Gasteiger partial charge in [0.1, 0.15) is 4.60 Å². The summed E-state index contributed by atoms with van der Waals surface area (Å²) in [5.41, 5.74) is 0. The monoisotopic (exact) mass is 250 g/mol. The van der Waals surface area contributed by atoms with E-state index in [1.807, 2.05) is 5.38 Å². The predicted octanol–water partition coefficient (Wildman–Crippen LogP) is 2.09. The van der Waals surface area contributed by atoms with Crippen LogP contribution in [0, 0.1) is 0 Å². The third-order valence-corrected chi connectivity index (χ3v) is 2.85. The van der Waals surface area contributed by atoms with Crippen molar-refractivity contribution in [1.29, 1.82) is 0 Å². The Labute approximate surface area is 84.0 Å². The van der Waals surface area contributed by atoms with Gasteiger partial charge in [0.2, 0.25) is 0 Å². The van der Waals surface area contributed by atoms with Gasteiger partial charge in [0, 0.05) is 18.5 Å². The van der Waals surface area contributed by atoms with Crippen molar-refractivity contribution in [3.63, 3.8) is 0 Å². The molecule has 0 aliphatic heterocycles. The molecule has 1 aromatic rings. The predicted molar refractivity (Wildman–Crippen MR) is 54.6 cm³/mol. The summed E-state index contributed by atoms with van der Waals surface area (Å²) in [5, 5.41) is 14.6. The number of hydrogen-bond donors (Lipinski definition) is 2. The minimum atomic E-state index is 0.267. The van der Waals surface area contributed by atoms with Crippen molar-refractivity contribution >= 4 is 32.4 Å². The van der Waals surface area contributed by atoms with E-state index < -0.39 is 0 Å². The van der Waals surface area contributed by atoms with Gasteiger partial charge >= 0.3 is 0 Å². The largest absolute Gasteiger partial charge is 0.396 e. The summed E-state index contributed by atoms with van der Waals surface area (Å²) in [6, 6.07) is 0. The molecule has 12 heavy (non-hydrogen) atoms. The first-order valence-electron chi connectivity index (χ1n) is 3.78. The highest BCUT2D eigenvalue weighted by Crippen LogP contribution is 2.19. The molecule has 0 saturated heterocycles. The molecular weight excluding hydrogens is 240 g/mol. The first-order chi connectivity index (χ1) is 5.83. The molecule has 1 aromatic heterocycles. The van der Waals surface area contributed by atoms with Gasteiger partial charge in [-0.25, -0.2) is 4.98 Å². The Hall–Kier alpha value is -0.130. The Bertz CT molecular complexity index is 229. The van der Waals surface area contributed by atoms with E-state index in [0.717, 1.165) is 29.1 Å². The van der Waals surface area contributed by atoms with Crippen LogP contribution in [0.3, 0.4) is 0 Å². The molecule has 0 bridgehead atoms. The second-order valence-corrected chi connectivity index (χ2v) is 4.00. The highest BCUT2D eigenvalue weighted by atomic mass is 79.9. The molecule has 0 aliphatic carbocycles. The molecule has 0 spiro atoms. The highest BCUT2D eigenvalue weighted by molar-refractivity contribution is 9.10. The lowest BCUT2D eigenvalue weighted by molar-refractivity contribution is 0.286. The molecule has 0 fully saturated rings. The average molecular weight is 251 g/mol. The second-order valence-electron chi connectivity index (χ2n) is 2.33. The van der Waals surface area contributed by atoms with E-state index in [2.05, 4.69) is 26.2 Å². The fourth-order valence-corrected chi connectivity index (χ4v) is 1.94. The first-order valence-corrected chi connectivity index (χ1v) is 5.46. The summed E-state index contributed by atoms with van der Waals surface area (Å²) >= 11 is 4.85. The maximum atomic E-state index is 8.52. The van der Waals surface area contributed by atoms with Crippen LogP contribution in [0.5, 0.6) is 0 Å². The molecule has 0 aliphatic rings. The molecule has 0 aromatic carbocycles. The minimum absolute atomic E-state index is 0.267. The van der Waals surface area contributed by atoms with E-state index in [1.54, 1.807) is 11.3 Å². The lowest BCUT2D eigenvalue weighted by atomic mass is 10.3. The van der Waals surface area contributed by atoms with Gasteiger partial charge in [0.15, 0.2) is 5.13 Å². The number of nitrogens with zero attached hydrogens (tertiary/aromatic N) is 1. The Morgan fingerprint density at radius 3 is 3.00 bits per heavy atom. The van der Waals surface area contributed by atoms with Crippen LogP contribution in [0.15, 0.2) is 9.98 Å². The first kappa shape index (κ1) is 9.95. The number of halogens is 1. The molecule has 0 unspecified atom stereocenters. The van der Waals surface area contributed by atoms with Crippen molar-refractivity contribution in [2.45, 2.75) is 12.8 Å². The van der Waals surface area contributed by atoms with Crippen molar-refractivity contribution in [3.05, 3.63) is 9.98 Å². The summed E-state index contributed by atoms with van der Waals surface area (Å²) in [4.78, 5) is 4.17. The lowest BCUT2D eigenvalue weighted by Crippen LogP contribution is -2.01. The normalized spacial score (nSPS) is 10.2. The van der Waals surface area contributed by atoms with E-state index >= 15 is 0 Å². The van der Waals surface area contributed by atoms with Crippen LogP contribution in [0.1, 0.15) is 12.8 Å². The van der Waals surface area contributed by atoms with Gasteiger partial charge in [0.25, 0.3) is 0 Å². The summed E-state index contributed by atoms with van der Waals surface area (Å²) < 4.78 is 0.872. The van der Waals surface area contributed by atoms with Crippen molar-refractivity contribution in [2.75, 3.05) is 18.5 Å². The average Bonchev–Trinajstić information content (AvgIpc) is 2.45. The Balaban J connectivity index is 2.15. The summed E-state index contributed by atoms with van der Waals surface area (Å²) in [6.07, 6.45) is 1.83. The van der Waals surface area contributed by atoms with Crippen LogP contribution in [-0.2, 0) is 0 Å². The lowest BCUT2D eigenvalue weighted by Gasteiger charge is -1.99. The maximum Gasteiger partial charge on any atom is 0.183 e. The fourth-order valence-electron chi connectivity index (χ4n) is 0.767. The second kappa shape index (κ2) is 5.50. The smallest absolute Gasteiger partial charge is 0.183 e. The topological polar surface area (TPSA) is 45.1 Å². The maximum absolute atomic E-state index is 8.52. The summed E-state index contributed by atoms with van der Waals surface area (Å²) in [6.45, 7) is 1.14. The van der Waals surface area contributed by atoms with Gasteiger partial charge in [-0.15, -0.1) is 11.3 Å². The minimum Gasteiger partial charge on any atom is -0.396 e. The molecule has 2 N–H and O–H groups in total. The number of aliphatic hydroxyl groups is 1. The Morgan fingerprint density at radius 1 is 1.58 bits per heavy atom. The van der Waals surface area contributed by atoms with Crippen LogP contribution in [0.4, 0.5) is 5.13 Å². The van der Waals surface area contributed by atoms with Crippen LogP contribution < -0.4 is 5.32 Å². The SMILES string of the molecule is OCCCCNc1nc(Br)cs1. The molecule has 5 heteroatoms. The quantitative estimate of drug-likeness (QED) is 0.787. The van der Waals surface area contributed by atoms with E-state index in [9.17, 15) is 0 Å². The Kier molecular flexibility index (Phi) is 4.57. The van der Waals surface area contributed by atoms with E-state index in [-0.39, 0.29) is 6.61 Å². The standard InChI is InChI=1S/C7H11BrN2OS/c8-6-5-12-7(10-6)9-3-1-2-4-11/h5,11H,1-4H2,(H,9,10). The van der Waals surface area contributed by atoms with Crippen molar-refractivity contribution in [1.82, 2.24) is 4.98 Å². The molecule has 0 radical (unpaired) electrons. The number of unbranched alkanes of at least 4 members (excludes halogenated alkanes) is 1. The zero-order valence-electron chi connectivity index (χ0n) is 6.59. The molecule has 0 saturated carbocycles. The van der Waals surface area contributed by atoms with Crippen molar-refractivity contribution in [3.8, 4) is 0 Å². The molecular formula is C7H11BrN2OS. The van der Waals surface area contributed by atoms with E-state index in [4.69, 9.17) is 5.11 Å². The number of nitrogens with one attached hydrogen (secondary N) is 1. The zero-order chi connectivity index (χ0) is 8.81. The third-order valence-electron chi connectivity index (χ3n) is 1.34. The van der Waals surface area contributed by atoms with Gasteiger partial charge in [-0.1, -0.05) is 0 Å². The number of aromatic nitrogens is 1. The van der Waals surface area contributed by atoms with Crippen LogP contribution in [0.25, 0.3) is 0 Å². The van der Waals surface area contributed by atoms with Crippen LogP contribution in [0.2, 0.25) is 0 Å². The van der Waals surface area contributed by atoms with Crippen LogP contribution in [-0.4, -0.2) is 23.2 Å². The number of hydrogen-bond acceptors (Lipinski definition) is 4. The molecule has 1 heterocycles. The zero-order valence-corrected chi connectivity index (χ0v) is 8.99. The molecule has 3 nitrogen and oxygen atoms in total. The third kappa shape index (κ3) is 3.51. The van der Waals surface area contributed by atoms with Gasteiger partial charge in [-0.05, 0) is 28.8 Å². The molecule has 0 atom stereocenters. The molecule has 68 valence electrons. The molecule has 0 amide bonds.